The maximum atomic E-state index is 12.7. The zero-order chi connectivity index (χ0) is 27.5. The number of non-ortho nitro benzene ring substituents is 1. The third kappa shape index (κ3) is 7.90. The summed E-state index contributed by atoms with van der Waals surface area (Å²) >= 11 is 0. The molecule has 0 aliphatic heterocycles. The van der Waals surface area contributed by atoms with Crippen molar-refractivity contribution >= 4 is 17.8 Å². The molecule has 0 radical (unpaired) electrons. The lowest BCUT2D eigenvalue weighted by molar-refractivity contribution is -0.384. The van der Waals surface area contributed by atoms with Crippen LogP contribution in [0, 0.1) is 10.1 Å². The minimum atomic E-state index is -0.444. The Morgan fingerprint density at radius 1 is 0.846 bits per heavy atom. The van der Waals surface area contributed by atoms with Gasteiger partial charge < -0.3 is 14.2 Å². The lowest BCUT2D eigenvalue weighted by atomic mass is 10.2. The second-order valence-electron chi connectivity index (χ2n) is 8.35. The fraction of sp³-hybridized carbons (Fsp3) is 0.133. The zero-order valence-corrected chi connectivity index (χ0v) is 21.3. The van der Waals surface area contributed by atoms with Crippen molar-refractivity contribution in [2.45, 2.75) is 20.1 Å². The summed E-state index contributed by atoms with van der Waals surface area (Å²) in [5.41, 5.74) is 5.47. The van der Waals surface area contributed by atoms with Crippen molar-refractivity contribution in [1.82, 2.24) is 5.43 Å². The Kier molecular flexibility index (Phi) is 9.22. The van der Waals surface area contributed by atoms with Crippen molar-refractivity contribution in [3.8, 4) is 17.2 Å². The summed E-state index contributed by atoms with van der Waals surface area (Å²) in [5, 5.41) is 14.8. The first-order chi connectivity index (χ1) is 19.0. The fourth-order valence-electron chi connectivity index (χ4n) is 3.57. The number of amides is 1. The number of hydrogen-bond acceptors (Lipinski definition) is 7. The first-order valence-electron chi connectivity index (χ1n) is 12.2. The zero-order valence-electron chi connectivity index (χ0n) is 21.3. The molecule has 198 valence electrons. The topological polar surface area (TPSA) is 112 Å². The number of carbonyl (C=O) groups excluding carboxylic acids is 1. The second kappa shape index (κ2) is 13.4. The lowest BCUT2D eigenvalue weighted by Gasteiger charge is -2.13. The Morgan fingerprint density at radius 3 is 2.33 bits per heavy atom. The Balaban J connectivity index is 1.33. The van der Waals surface area contributed by atoms with Crippen molar-refractivity contribution in [3.63, 3.8) is 0 Å². The van der Waals surface area contributed by atoms with Gasteiger partial charge in [0.1, 0.15) is 19.0 Å². The molecule has 39 heavy (non-hydrogen) atoms. The van der Waals surface area contributed by atoms with Crippen molar-refractivity contribution < 1.29 is 23.9 Å². The van der Waals surface area contributed by atoms with Crippen LogP contribution in [0.4, 0.5) is 5.69 Å². The lowest BCUT2D eigenvalue weighted by Crippen LogP contribution is -2.17. The molecule has 1 N–H and O–H groups in total. The predicted octanol–water partition coefficient (Wildman–Crippen LogP) is 5.92. The van der Waals surface area contributed by atoms with Crippen molar-refractivity contribution in [2.24, 2.45) is 5.10 Å². The second-order valence-corrected chi connectivity index (χ2v) is 8.35. The summed E-state index contributed by atoms with van der Waals surface area (Å²) in [6, 6.07) is 28.1. The first kappa shape index (κ1) is 26.9. The van der Waals surface area contributed by atoms with Crippen LogP contribution in [0.1, 0.15) is 34.0 Å². The number of carbonyl (C=O) groups is 1. The number of hydrogen-bond donors (Lipinski definition) is 1. The summed E-state index contributed by atoms with van der Waals surface area (Å²) in [5.74, 6) is 1.22. The summed E-state index contributed by atoms with van der Waals surface area (Å²) in [6.07, 6.45) is 1.51. The highest BCUT2D eigenvalue weighted by Crippen LogP contribution is 2.29. The predicted molar refractivity (Wildman–Crippen MR) is 147 cm³/mol. The molecule has 4 aromatic carbocycles. The highest BCUT2D eigenvalue weighted by Gasteiger charge is 2.12. The highest BCUT2D eigenvalue weighted by molar-refractivity contribution is 5.95. The Morgan fingerprint density at radius 2 is 1.59 bits per heavy atom. The maximum absolute atomic E-state index is 12.7. The van der Waals surface area contributed by atoms with E-state index in [9.17, 15) is 14.9 Å². The Bertz CT molecular complexity index is 1440. The highest BCUT2D eigenvalue weighted by atomic mass is 16.6. The number of benzene rings is 4. The minimum Gasteiger partial charge on any atom is -0.490 e. The number of nitrogens with one attached hydrogen (secondary N) is 1. The van der Waals surface area contributed by atoms with Gasteiger partial charge in [-0.15, -0.1) is 0 Å². The van der Waals surface area contributed by atoms with E-state index in [0.717, 1.165) is 16.7 Å². The Labute approximate surface area is 225 Å². The molecule has 0 fully saturated rings. The van der Waals surface area contributed by atoms with E-state index in [4.69, 9.17) is 14.2 Å². The molecule has 0 saturated carbocycles. The number of nitrogens with zero attached hydrogens (tertiary/aromatic N) is 2. The molecular weight excluding hydrogens is 498 g/mol. The van der Waals surface area contributed by atoms with Crippen LogP contribution in [0.15, 0.2) is 102 Å². The van der Waals surface area contributed by atoms with E-state index in [1.807, 2.05) is 43.3 Å². The third-order valence-corrected chi connectivity index (χ3v) is 5.53. The average molecular weight is 526 g/mol. The maximum Gasteiger partial charge on any atom is 0.271 e. The molecule has 9 nitrogen and oxygen atoms in total. The van der Waals surface area contributed by atoms with Gasteiger partial charge in [0.05, 0.1) is 17.7 Å². The number of ether oxygens (including phenoxy) is 3. The van der Waals surface area contributed by atoms with Crippen LogP contribution in [0.5, 0.6) is 17.2 Å². The van der Waals surface area contributed by atoms with Gasteiger partial charge in [-0.1, -0.05) is 42.5 Å². The summed E-state index contributed by atoms with van der Waals surface area (Å²) in [6.45, 7) is 2.92. The minimum absolute atomic E-state index is 0.0282. The van der Waals surface area contributed by atoms with E-state index < -0.39 is 10.8 Å². The molecule has 0 aliphatic rings. The molecule has 0 aromatic heterocycles. The summed E-state index contributed by atoms with van der Waals surface area (Å²) in [7, 11) is 0. The van der Waals surface area contributed by atoms with Gasteiger partial charge >= 0.3 is 0 Å². The molecule has 0 heterocycles. The van der Waals surface area contributed by atoms with E-state index in [-0.39, 0.29) is 12.3 Å². The van der Waals surface area contributed by atoms with Gasteiger partial charge in [0.2, 0.25) is 0 Å². The molecular formula is C30H27N3O6. The molecule has 1 amide bonds. The van der Waals surface area contributed by atoms with Crippen molar-refractivity contribution in [1.29, 1.82) is 0 Å². The van der Waals surface area contributed by atoms with Crippen LogP contribution in [0.3, 0.4) is 0 Å². The van der Waals surface area contributed by atoms with E-state index in [1.165, 1.54) is 18.3 Å². The van der Waals surface area contributed by atoms with Crippen LogP contribution in [0.25, 0.3) is 0 Å². The number of nitro groups is 1. The monoisotopic (exact) mass is 525 g/mol. The molecule has 0 saturated heterocycles. The smallest absolute Gasteiger partial charge is 0.271 e. The standard InChI is InChI=1S/C30H27N3O6/c1-2-37-29-18-25(13-16-28(29)39-21-22-7-4-3-5-8-22)30(34)32-31-19-24-9-6-10-27(17-24)38-20-23-11-14-26(15-12-23)33(35)36/h3-19H,2,20-21H2,1H3,(H,32,34)/b31-19+. The molecule has 0 unspecified atom stereocenters. The largest absolute Gasteiger partial charge is 0.490 e. The molecule has 4 aromatic rings. The van der Waals surface area contributed by atoms with Gasteiger partial charge in [-0.3, -0.25) is 14.9 Å². The molecule has 0 aliphatic carbocycles. The van der Waals surface area contributed by atoms with Gasteiger partial charge in [0.25, 0.3) is 11.6 Å². The first-order valence-corrected chi connectivity index (χ1v) is 12.2. The van der Waals surface area contributed by atoms with Gasteiger partial charge in [-0.2, -0.15) is 5.10 Å². The van der Waals surface area contributed by atoms with Gasteiger partial charge in [-0.25, -0.2) is 5.43 Å². The van der Waals surface area contributed by atoms with E-state index in [1.54, 1.807) is 48.5 Å². The number of hydrazone groups is 1. The third-order valence-electron chi connectivity index (χ3n) is 5.53. The van der Waals surface area contributed by atoms with E-state index in [2.05, 4.69) is 10.5 Å². The normalized spacial score (nSPS) is 10.7. The van der Waals surface area contributed by atoms with Gasteiger partial charge in [-0.05, 0) is 66.1 Å². The molecule has 4 rings (SSSR count). The van der Waals surface area contributed by atoms with Crippen molar-refractivity contribution in [2.75, 3.05) is 6.61 Å². The average Bonchev–Trinajstić information content (AvgIpc) is 2.96. The number of nitro benzene ring substituents is 1. The quantitative estimate of drug-likeness (QED) is 0.140. The number of rotatable bonds is 12. The summed E-state index contributed by atoms with van der Waals surface area (Å²) < 4.78 is 17.4. The SMILES string of the molecule is CCOc1cc(C(=O)N/N=C/c2cccc(OCc3ccc([N+](=O)[O-])cc3)c2)ccc1OCc1ccccc1. The van der Waals surface area contributed by atoms with Gasteiger partial charge in [0, 0.05) is 17.7 Å². The van der Waals surface area contributed by atoms with Gasteiger partial charge in [0.15, 0.2) is 11.5 Å². The Hall–Kier alpha value is -5.18. The van der Waals surface area contributed by atoms with Crippen LogP contribution in [-0.4, -0.2) is 23.7 Å². The van der Waals surface area contributed by atoms with Crippen LogP contribution in [0.2, 0.25) is 0 Å². The molecule has 9 heteroatoms. The van der Waals surface area contributed by atoms with Crippen LogP contribution >= 0.6 is 0 Å². The molecule has 0 spiro atoms. The fourth-order valence-corrected chi connectivity index (χ4v) is 3.57. The summed E-state index contributed by atoms with van der Waals surface area (Å²) in [4.78, 5) is 23.0. The van der Waals surface area contributed by atoms with Crippen molar-refractivity contribution in [3.05, 3.63) is 129 Å². The van der Waals surface area contributed by atoms with E-state index in [0.29, 0.717) is 36.0 Å². The van der Waals surface area contributed by atoms with E-state index >= 15 is 0 Å². The van der Waals surface area contributed by atoms with Crippen LogP contribution in [-0.2, 0) is 13.2 Å². The molecule has 0 bridgehead atoms. The van der Waals surface area contributed by atoms with Crippen LogP contribution < -0.4 is 19.6 Å². The molecule has 0 atom stereocenters.